The second kappa shape index (κ2) is 8.22. The van der Waals surface area contributed by atoms with Gasteiger partial charge in [0.25, 0.3) is 5.91 Å². The molecule has 1 amide bonds. The van der Waals surface area contributed by atoms with Crippen LogP contribution < -0.4 is 10.2 Å². The molecule has 0 aliphatic carbocycles. The molecule has 4 rings (SSSR count). The minimum atomic E-state index is -0.0998. The first-order valence-electron chi connectivity index (χ1n) is 8.99. The third-order valence-electron chi connectivity index (χ3n) is 4.52. The predicted octanol–water partition coefficient (Wildman–Crippen LogP) is 3.23. The lowest BCUT2D eigenvalue weighted by Crippen LogP contribution is -2.49. The van der Waals surface area contributed by atoms with Crippen molar-refractivity contribution in [2.75, 3.05) is 36.4 Å². The number of hydrogen-bond acceptors (Lipinski definition) is 6. The molecule has 1 N–H and O–H groups in total. The number of pyridine rings is 1. The first-order valence-corrected chi connectivity index (χ1v) is 9.37. The zero-order valence-electron chi connectivity index (χ0n) is 15.1. The Kier molecular flexibility index (Phi) is 5.34. The van der Waals surface area contributed by atoms with Gasteiger partial charge >= 0.3 is 0 Å². The van der Waals surface area contributed by atoms with Crippen LogP contribution >= 0.6 is 11.6 Å². The minimum absolute atomic E-state index is 0.0998. The summed E-state index contributed by atoms with van der Waals surface area (Å²) >= 11 is 6.01. The second-order valence-corrected chi connectivity index (χ2v) is 6.83. The molecule has 28 heavy (non-hydrogen) atoms. The molecule has 1 aliphatic rings. The molecule has 1 saturated heterocycles. The number of anilines is 3. The van der Waals surface area contributed by atoms with Gasteiger partial charge in [0.15, 0.2) is 0 Å². The number of nitrogens with zero attached hydrogens (tertiary/aromatic N) is 5. The van der Waals surface area contributed by atoms with Crippen LogP contribution in [-0.2, 0) is 0 Å². The van der Waals surface area contributed by atoms with Crippen molar-refractivity contribution in [2.24, 2.45) is 0 Å². The van der Waals surface area contributed by atoms with Crippen LogP contribution in [0.4, 0.5) is 17.3 Å². The number of carbonyl (C=O) groups excluding carboxylic acids is 1. The van der Waals surface area contributed by atoms with Crippen molar-refractivity contribution in [3.63, 3.8) is 0 Å². The van der Waals surface area contributed by atoms with Gasteiger partial charge in [-0.1, -0.05) is 23.7 Å². The number of benzene rings is 1. The molecular formula is C20H19ClN6O. The molecule has 3 heterocycles. The number of rotatable bonds is 4. The summed E-state index contributed by atoms with van der Waals surface area (Å²) in [6.07, 6.45) is 3.17. The third-order valence-corrected chi connectivity index (χ3v) is 4.76. The highest BCUT2D eigenvalue weighted by molar-refractivity contribution is 6.30. The Morgan fingerprint density at radius 2 is 1.82 bits per heavy atom. The van der Waals surface area contributed by atoms with Gasteiger partial charge in [0.2, 0.25) is 0 Å². The lowest BCUT2D eigenvalue weighted by molar-refractivity contribution is 0.0740. The van der Waals surface area contributed by atoms with Crippen molar-refractivity contribution in [2.45, 2.75) is 0 Å². The lowest BCUT2D eigenvalue weighted by atomic mass is 10.2. The van der Waals surface area contributed by atoms with Crippen LogP contribution in [0.5, 0.6) is 0 Å². The van der Waals surface area contributed by atoms with Crippen LogP contribution in [0.2, 0.25) is 5.02 Å². The average molecular weight is 395 g/mol. The fraction of sp³-hybridized carbons (Fsp3) is 0.200. The molecular weight excluding hydrogens is 376 g/mol. The summed E-state index contributed by atoms with van der Waals surface area (Å²) in [5, 5.41) is 3.77. The van der Waals surface area contributed by atoms with Crippen LogP contribution in [0.15, 0.2) is 61.1 Å². The Morgan fingerprint density at radius 1 is 0.964 bits per heavy atom. The van der Waals surface area contributed by atoms with E-state index >= 15 is 0 Å². The van der Waals surface area contributed by atoms with E-state index in [4.69, 9.17) is 11.6 Å². The Hall–Kier alpha value is -3.19. The first kappa shape index (κ1) is 18.2. The van der Waals surface area contributed by atoms with Crippen LogP contribution in [0, 0.1) is 0 Å². The summed E-state index contributed by atoms with van der Waals surface area (Å²) in [6, 6.07) is 14.8. The van der Waals surface area contributed by atoms with Crippen molar-refractivity contribution in [3.05, 3.63) is 71.8 Å². The van der Waals surface area contributed by atoms with E-state index in [9.17, 15) is 4.79 Å². The van der Waals surface area contributed by atoms with E-state index in [1.807, 2.05) is 35.2 Å². The SMILES string of the molecule is O=C(c1cc(Nc2cccc(Cl)c2)ncn1)N1CCN(c2ccccn2)CC1. The molecule has 142 valence electrons. The number of amides is 1. The lowest BCUT2D eigenvalue weighted by Gasteiger charge is -2.35. The van der Waals surface area contributed by atoms with Crippen LogP contribution in [-0.4, -0.2) is 51.9 Å². The molecule has 0 atom stereocenters. The monoisotopic (exact) mass is 394 g/mol. The molecule has 2 aromatic heterocycles. The maximum atomic E-state index is 12.9. The summed E-state index contributed by atoms with van der Waals surface area (Å²) in [6.45, 7) is 2.72. The van der Waals surface area contributed by atoms with Gasteiger partial charge in [0.05, 0.1) is 0 Å². The number of piperazine rings is 1. The molecule has 1 aromatic carbocycles. The molecule has 0 radical (unpaired) electrons. The largest absolute Gasteiger partial charge is 0.353 e. The number of aromatic nitrogens is 3. The molecule has 0 saturated carbocycles. The van der Waals surface area contributed by atoms with Gasteiger partial charge in [-0.3, -0.25) is 4.79 Å². The average Bonchev–Trinajstić information content (AvgIpc) is 2.74. The van der Waals surface area contributed by atoms with E-state index < -0.39 is 0 Å². The summed E-state index contributed by atoms with van der Waals surface area (Å²) in [4.78, 5) is 29.6. The molecule has 0 unspecified atom stereocenters. The van der Waals surface area contributed by atoms with E-state index in [0.29, 0.717) is 29.6 Å². The van der Waals surface area contributed by atoms with Gasteiger partial charge in [0.1, 0.15) is 23.7 Å². The van der Waals surface area contributed by atoms with Crippen molar-refractivity contribution < 1.29 is 4.79 Å². The molecule has 3 aromatic rings. The Bertz CT molecular complexity index is 960. The van der Waals surface area contributed by atoms with Crippen molar-refractivity contribution in [3.8, 4) is 0 Å². The van der Waals surface area contributed by atoms with Crippen LogP contribution in [0.3, 0.4) is 0 Å². The van der Waals surface area contributed by atoms with Gasteiger partial charge in [0, 0.05) is 49.2 Å². The summed E-state index contributed by atoms with van der Waals surface area (Å²) < 4.78 is 0. The van der Waals surface area contributed by atoms with Gasteiger partial charge in [-0.2, -0.15) is 0 Å². The highest BCUT2D eigenvalue weighted by Gasteiger charge is 2.23. The second-order valence-electron chi connectivity index (χ2n) is 6.39. The Balaban J connectivity index is 1.41. The molecule has 1 fully saturated rings. The predicted molar refractivity (Wildman–Crippen MR) is 109 cm³/mol. The van der Waals surface area contributed by atoms with E-state index in [2.05, 4.69) is 25.2 Å². The van der Waals surface area contributed by atoms with E-state index in [-0.39, 0.29) is 5.91 Å². The fourth-order valence-corrected chi connectivity index (χ4v) is 3.29. The zero-order valence-corrected chi connectivity index (χ0v) is 15.9. The summed E-state index contributed by atoms with van der Waals surface area (Å²) in [5.41, 5.74) is 1.17. The minimum Gasteiger partial charge on any atom is -0.353 e. The Labute approximate surface area is 168 Å². The van der Waals surface area contributed by atoms with E-state index in [1.165, 1.54) is 6.33 Å². The van der Waals surface area contributed by atoms with Crippen molar-refractivity contribution >= 4 is 34.8 Å². The van der Waals surface area contributed by atoms with E-state index in [1.54, 1.807) is 24.4 Å². The number of nitrogens with one attached hydrogen (secondary N) is 1. The summed E-state index contributed by atoms with van der Waals surface area (Å²) in [7, 11) is 0. The molecule has 1 aliphatic heterocycles. The van der Waals surface area contributed by atoms with Crippen LogP contribution in [0.1, 0.15) is 10.5 Å². The van der Waals surface area contributed by atoms with Crippen molar-refractivity contribution in [1.29, 1.82) is 0 Å². The number of carbonyl (C=O) groups is 1. The molecule has 0 spiro atoms. The van der Waals surface area contributed by atoms with Crippen LogP contribution in [0.25, 0.3) is 0 Å². The highest BCUT2D eigenvalue weighted by Crippen LogP contribution is 2.20. The Morgan fingerprint density at radius 3 is 2.57 bits per heavy atom. The zero-order chi connectivity index (χ0) is 19.3. The highest BCUT2D eigenvalue weighted by atomic mass is 35.5. The maximum Gasteiger partial charge on any atom is 0.272 e. The summed E-state index contributed by atoms with van der Waals surface area (Å²) in [5.74, 6) is 1.38. The van der Waals surface area contributed by atoms with Gasteiger partial charge in [-0.05, 0) is 30.3 Å². The third kappa shape index (κ3) is 4.20. The molecule has 0 bridgehead atoms. The maximum absolute atomic E-state index is 12.9. The molecule has 8 heteroatoms. The smallest absolute Gasteiger partial charge is 0.272 e. The van der Waals surface area contributed by atoms with Gasteiger partial charge in [-0.25, -0.2) is 15.0 Å². The van der Waals surface area contributed by atoms with Crippen molar-refractivity contribution in [1.82, 2.24) is 19.9 Å². The quantitative estimate of drug-likeness (QED) is 0.732. The normalized spacial score (nSPS) is 14.0. The van der Waals surface area contributed by atoms with Gasteiger partial charge < -0.3 is 15.1 Å². The molecule has 7 nitrogen and oxygen atoms in total. The van der Waals surface area contributed by atoms with Gasteiger partial charge in [-0.15, -0.1) is 0 Å². The fourth-order valence-electron chi connectivity index (χ4n) is 3.10. The van der Waals surface area contributed by atoms with E-state index in [0.717, 1.165) is 24.6 Å². The first-order chi connectivity index (χ1) is 13.7. The standard InChI is InChI=1S/C20H19ClN6O/c21-15-4-3-5-16(12-15)25-18-13-17(23-14-24-18)20(28)27-10-8-26(9-11-27)19-6-1-2-7-22-19/h1-7,12-14H,8-11H2,(H,23,24,25). The number of halogens is 1. The number of hydrogen-bond donors (Lipinski definition) is 1. The topological polar surface area (TPSA) is 74.2 Å².